The predicted molar refractivity (Wildman–Crippen MR) is 162 cm³/mol. The highest BCUT2D eigenvalue weighted by Gasteiger charge is 2.26. The number of phenols is 1. The molecule has 1 N–H and O–H groups in total. The zero-order valence-corrected chi connectivity index (χ0v) is 24.3. The van der Waals surface area contributed by atoms with Gasteiger partial charge in [0.15, 0.2) is 6.73 Å². The molecule has 3 aromatic rings. The van der Waals surface area contributed by atoms with Crippen molar-refractivity contribution in [3.8, 4) is 22.6 Å². The molecule has 39 heavy (non-hydrogen) atoms. The van der Waals surface area contributed by atoms with Crippen molar-refractivity contribution in [2.75, 3.05) is 18.7 Å². The monoisotopic (exact) mass is 529 g/mol. The molecule has 5 nitrogen and oxygen atoms in total. The number of carbonyl (C=O) groups excluding carboxylic acids is 1. The number of benzene rings is 3. The van der Waals surface area contributed by atoms with Crippen molar-refractivity contribution < 1.29 is 19.4 Å². The first-order valence-electron chi connectivity index (χ1n) is 13.8. The van der Waals surface area contributed by atoms with Crippen LogP contribution in [0, 0.1) is 6.92 Å². The SMILES string of the molecule is C=C(C)c1ccc(C)cc1-c1c(O)cc(C(C)(C)CCCCCC)cc1OCN(C(=O)OC)c1ccccc1. The third-order valence-electron chi connectivity index (χ3n) is 7.23. The lowest BCUT2D eigenvalue weighted by atomic mass is 9.78. The molecular formula is C34H43NO4. The van der Waals surface area contributed by atoms with Crippen LogP contribution in [0.5, 0.6) is 11.5 Å². The van der Waals surface area contributed by atoms with Crippen LogP contribution in [0.2, 0.25) is 0 Å². The number of nitrogens with zero attached hydrogens (tertiary/aromatic N) is 1. The zero-order valence-electron chi connectivity index (χ0n) is 24.3. The van der Waals surface area contributed by atoms with E-state index in [-0.39, 0.29) is 17.9 Å². The van der Waals surface area contributed by atoms with Crippen LogP contribution in [-0.4, -0.2) is 25.0 Å². The molecule has 0 aromatic heterocycles. The number of carbonyl (C=O) groups is 1. The molecule has 0 unspecified atom stereocenters. The molecule has 0 saturated carbocycles. The second kappa shape index (κ2) is 13.4. The summed E-state index contributed by atoms with van der Waals surface area (Å²) in [4.78, 5) is 14.1. The Morgan fingerprint density at radius 1 is 1.03 bits per heavy atom. The van der Waals surface area contributed by atoms with Crippen molar-refractivity contribution in [3.05, 3.63) is 83.9 Å². The molecule has 1 amide bonds. The van der Waals surface area contributed by atoms with Crippen LogP contribution in [0.4, 0.5) is 10.5 Å². The zero-order chi connectivity index (χ0) is 28.6. The minimum Gasteiger partial charge on any atom is -0.507 e. The number of hydrogen-bond acceptors (Lipinski definition) is 4. The Morgan fingerprint density at radius 3 is 2.38 bits per heavy atom. The predicted octanol–water partition coefficient (Wildman–Crippen LogP) is 9.26. The van der Waals surface area contributed by atoms with Crippen LogP contribution in [0.1, 0.15) is 76.5 Å². The number of rotatable bonds is 12. The van der Waals surface area contributed by atoms with E-state index >= 15 is 0 Å². The Labute approximate surface area is 234 Å². The number of aromatic hydroxyl groups is 1. The first-order chi connectivity index (χ1) is 18.6. The van der Waals surface area contributed by atoms with Crippen molar-refractivity contribution in [1.82, 2.24) is 0 Å². The van der Waals surface area contributed by atoms with E-state index in [1.165, 1.54) is 31.3 Å². The highest BCUT2D eigenvalue weighted by molar-refractivity contribution is 5.88. The minimum atomic E-state index is -0.530. The van der Waals surface area contributed by atoms with Gasteiger partial charge in [-0.3, -0.25) is 0 Å². The molecule has 3 aromatic carbocycles. The van der Waals surface area contributed by atoms with Gasteiger partial charge in [-0.1, -0.05) is 101 Å². The third-order valence-corrected chi connectivity index (χ3v) is 7.23. The fraction of sp³-hybridized carbons (Fsp3) is 0.382. The van der Waals surface area contributed by atoms with Gasteiger partial charge >= 0.3 is 6.09 Å². The number of hydrogen-bond donors (Lipinski definition) is 1. The number of unbranched alkanes of at least 4 members (excludes halogenated alkanes) is 3. The van der Waals surface area contributed by atoms with Crippen LogP contribution < -0.4 is 9.64 Å². The fourth-order valence-electron chi connectivity index (χ4n) is 4.84. The summed E-state index contributed by atoms with van der Waals surface area (Å²) in [6, 6.07) is 19.2. The molecule has 3 rings (SSSR count). The minimum absolute atomic E-state index is 0.0856. The van der Waals surface area contributed by atoms with E-state index in [0.717, 1.165) is 40.7 Å². The lowest BCUT2D eigenvalue weighted by Crippen LogP contribution is -2.34. The maximum atomic E-state index is 12.7. The maximum Gasteiger partial charge on any atom is 0.416 e. The second-order valence-electron chi connectivity index (χ2n) is 10.9. The average molecular weight is 530 g/mol. The number of methoxy groups -OCH3 is 1. The van der Waals surface area contributed by atoms with Crippen molar-refractivity contribution in [1.29, 1.82) is 0 Å². The highest BCUT2D eigenvalue weighted by Crippen LogP contribution is 2.45. The number of para-hydroxylation sites is 1. The summed E-state index contributed by atoms with van der Waals surface area (Å²) in [6.45, 7) is 14.7. The first kappa shape index (κ1) is 29.8. The quantitative estimate of drug-likeness (QED) is 0.188. The van der Waals surface area contributed by atoms with E-state index in [0.29, 0.717) is 17.0 Å². The Hall–Kier alpha value is -3.73. The molecule has 0 saturated heterocycles. The highest BCUT2D eigenvalue weighted by atomic mass is 16.6. The molecule has 0 aliphatic carbocycles. The molecule has 208 valence electrons. The van der Waals surface area contributed by atoms with Gasteiger partial charge in [0.05, 0.1) is 18.4 Å². The summed E-state index contributed by atoms with van der Waals surface area (Å²) in [6.07, 6.45) is 5.16. The summed E-state index contributed by atoms with van der Waals surface area (Å²) in [5.41, 5.74) is 5.77. The van der Waals surface area contributed by atoms with Crippen LogP contribution in [0.25, 0.3) is 16.7 Å². The van der Waals surface area contributed by atoms with E-state index in [1.54, 1.807) is 0 Å². The molecule has 0 atom stereocenters. The molecular weight excluding hydrogens is 486 g/mol. The number of phenolic OH excluding ortho intramolecular Hbond substituents is 1. The fourth-order valence-corrected chi connectivity index (χ4v) is 4.84. The van der Waals surface area contributed by atoms with E-state index in [9.17, 15) is 9.90 Å². The summed E-state index contributed by atoms with van der Waals surface area (Å²) >= 11 is 0. The third kappa shape index (κ3) is 7.44. The van der Waals surface area contributed by atoms with Gasteiger partial charge in [-0.05, 0) is 66.6 Å². The average Bonchev–Trinajstić information content (AvgIpc) is 2.91. The molecule has 0 fully saturated rings. The lowest BCUT2D eigenvalue weighted by Gasteiger charge is -2.28. The number of aryl methyl sites for hydroxylation is 1. The number of amides is 1. The number of anilines is 1. The standard InChI is InChI=1S/C34H43NO4/c1-8-9-10-14-19-34(5,6)26-21-30(36)32(29-20-25(4)17-18-28(29)24(2)3)31(22-26)39-23-35(33(37)38-7)27-15-12-11-13-16-27/h11-13,15-18,20-22,36H,2,8-10,14,19,23H2,1,3-7H3. The molecule has 0 bridgehead atoms. The summed E-state index contributed by atoms with van der Waals surface area (Å²) in [7, 11) is 1.35. The van der Waals surface area contributed by atoms with Crippen molar-refractivity contribution >= 4 is 17.4 Å². The molecule has 0 aliphatic heterocycles. The Balaban J connectivity index is 2.12. The first-order valence-corrected chi connectivity index (χ1v) is 13.8. The van der Waals surface area contributed by atoms with Gasteiger partial charge in [0, 0.05) is 0 Å². The van der Waals surface area contributed by atoms with Crippen LogP contribution >= 0.6 is 0 Å². The van der Waals surface area contributed by atoms with E-state index in [4.69, 9.17) is 9.47 Å². The van der Waals surface area contributed by atoms with Gasteiger partial charge < -0.3 is 14.6 Å². The largest absolute Gasteiger partial charge is 0.507 e. The van der Waals surface area contributed by atoms with Gasteiger partial charge in [-0.2, -0.15) is 0 Å². The molecule has 5 heteroatoms. The summed E-state index contributed by atoms with van der Waals surface area (Å²) < 4.78 is 11.4. The van der Waals surface area contributed by atoms with E-state index < -0.39 is 6.09 Å². The van der Waals surface area contributed by atoms with Crippen molar-refractivity contribution in [3.63, 3.8) is 0 Å². The van der Waals surface area contributed by atoms with E-state index in [2.05, 4.69) is 27.4 Å². The van der Waals surface area contributed by atoms with Crippen LogP contribution in [-0.2, 0) is 10.2 Å². The van der Waals surface area contributed by atoms with Gasteiger partial charge in [0.1, 0.15) is 11.5 Å². The number of ether oxygens (including phenoxy) is 2. The van der Waals surface area contributed by atoms with Gasteiger partial charge in [-0.15, -0.1) is 0 Å². The van der Waals surface area contributed by atoms with Gasteiger partial charge in [-0.25, -0.2) is 9.69 Å². The normalized spacial score (nSPS) is 11.2. The smallest absolute Gasteiger partial charge is 0.416 e. The summed E-state index contributed by atoms with van der Waals surface area (Å²) in [5.74, 6) is 0.645. The maximum absolute atomic E-state index is 12.7. The van der Waals surface area contributed by atoms with Gasteiger partial charge in [0.2, 0.25) is 0 Å². The van der Waals surface area contributed by atoms with E-state index in [1.807, 2.05) is 74.5 Å². The van der Waals surface area contributed by atoms with Crippen LogP contribution in [0.15, 0.2) is 67.2 Å². The number of allylic oxidation sites excluding steroid dienone is 1. The lowest BCUT2D eigenvalue weighted by molar-refractivity contribution is 0.170. The topological polar surface area (TPSA) is 59.0 Å². The molecule has 0 radical (unpaired) electrons. The van der Waals surface area contributed by atoms with Crippen LogP contribution in [0.3, 0.4) is 0 Å². The Morgan fingerprint density at radius 2 is 1.74 bits per heavy atom. The summed E-state index contributed by atoms with van der Waals surface area (Å²) in [5, 5.41) is 11.5. The van der Waals surface area contributed by atoms with Crippen molar-refractivity contribution in [2.24, 2.45) is 0 Å². The second-order valence-corrected chi connectivity index (χ2v) is 10.9. The molecule has 0 heterocycles. The van der Waals surface area contributed by atoms with Gasteiger partial charge in [0.25, 0.3) is 0 Å². The Kier molecular flexibility index (Phi) is 10.2. The Bertz CT molecular complexity index is 1280. The van der Waals surface area contributed by atoms with Crippen molar-refractivity contribution in [2.45, 2.75) is 72.1 Å². The molecule has 0 spiro atoms. The molecule has 0 aliphatic rings.